The van der Waals surface area contributed by atoms with Crippen LogP contribution in [0.2, 0.25) is 0 Å². The van der Waals surface area contributed by atoms with Crippen LogP contribution < -0.4 is 5.32 Å². The lowest BCUT2D eigenvalue weighted by Gasteiger charge is -2.17. The molecule has 1 aromatic carbocycles. The highest BCUT2D eigenvalue weighted by Gasteiger charge is 2.23. The van der Waals surface area contributed by atoms with Crippen molar-refractivity contribution in [1.29, 1.82) is 0 Å². The SMILES string of the molecule is CC(NC(=O)C1CCCC1)c1cccc(C#CCCO)c1. The summed E-state index contributed by atoms with van der Waals surface area (Å²) in [5.41, 5.74) is 1.99. The van der Waals surface area contributed by atoms with Crippen molar-refractivity contribution in [3.05, 3.63) is 35.4 Å². The number of amides is 1. The van der Waals surface area contributed by atoms with Gasteiger partial charge in [-0.2, -0.15) is 0 Å². The van der Waals surface area contributed by atoms with Crippen LogP contribution in [0.5, 0.6) is 0 Å². The minimum Gasteiger partial charge on any atom is -0.395 e. The van der Waals surface area contributed by atoms with E-state index in [2.05, 4.69) is 17.2 Å². The van der Waals surface area contributed by atoms with Crippen molar-refractivity contribution in [1.82, 2.24) is 5.32 Å². The third-order valence-corrected chi connectivity index (χ3v) is 3.94. The number of carbonyl (C=O) groups is 1. The Balaban J connectivity index is 1.98. The lowest BCUT2D eigenvalue weighted by Crippen LogP contribution is -2.31. The van der Waals surface area contributed by atoms with E-state index in [4.69, 9.17) is 5.11 Å². The van der Waals surface area contributed by atoms with E-state index in [1.807, 2.05) is 31.2 Å². The fourth-order valence-electron chi connectivity index (χ4n) is 2.71. The molecule has 1 aliphatic rings. The molecular formula is C18H23NO2. The summed E-state index contributed by atoms with van der Waals surface area (Å²) in [4.78, 5) is 12.2. The minimum absolute atomic E-state index is 0.00214. The average Bonchev–Trinajstić information content (AvgIpc) is 3.02. The highest BCUT2D eigenvalue weighted by molar-refractivity contribution is 5.79. The molecule has 0 spiro atoms. The molecule has 0 heterocycles. The Hall–Kier alpha value is -1.79. The molecule has 2 rings (SSSR count). The Labute approximate surface area is 126 Å². The van der Waals surface area contributed by atoms with E-state index in [9.17, 15) is 4.79 Å². The summed E-state index contributed by atoms with van der Waals surface area (Å²) < 4.78 is 0. The van der Waals surface area contributed by atoms with E-state index >= 15 is 0 Å². The van der Waals surface area contributed by atoms with E-state index in [-0.39, 0.29) is 24.5 Å². The van der Waals surface area contributed by atoms with Gasteiger partial charge in [-0.1, -0.05) is 36.8 Å². The summed E-state index contributed by atoms with van der Waals surface area (Å²) in [6, 6.07) is 7.91. The molecule has 1 aliphatic carbocycles. The summed E-state index contributed by atoms with van der Waals surface area (Å²) >= 11 is 0. The minimum atomic E-state index is -0.00214. The average molecular weight is 285 g/mol. The first-order chi connectivity index (χ1) is 10.2. The zero-order valence-electron chi connectivity index (χ0n) is 12.6. The number of nitrogens with one attached hydrogen (secondary N) is 1. The number of hydrogen-bond donors (Lipinski definition) is 2. The van der Waals surface area contributed by atoms with Crippen LogP contribution in [-0.4, -0.2) is 17.6 Å². The molecule has 0 bridgehead atoms. The summed E-state index contributed by atoms with van der Waals surface area (Å²) in [6.07, 6.45) is 4.86. The maximum Gasteiger partial charge on any atom is 0.223 e. The summed E-state index contributed by atoms with van der Waals surface area (Å²) in [5, 5.41) is 11.8. The number of hydrogen-bond acceptors (Lipinski definition) is 2. The molecule has 0 aliphatic heterocycles. The van der Waals surface area contributed by atoms with Gasteiger partial charge in [-0.25, -0.2) is 0 Å². The monoisotopic (exact) mass is 285 g/mol. The molecule has 3 heteroatoms. The van der Waals surface area contributed by atoms with Crippen LogP contribution in [0.15, 0.2) is 24.3 Å². The maximum absolute atomic E-state index is 12.2. The van der Waals surface area contributed by atoms with Crippen LogP contribution in [0.1, 0.15) is 56.2 Å². The van der Waals surface area contributed by atoms with Crippen LogP contribution in [0.3, 0.4) is 0 Å². The van der Waals surface area contributed by atoms with Crippen molar-refractivity contribution >= 4 is 5.91 Å². The smallest absolute Gasteiger partial charge is 0.223 e. The zero-order valence-corrected chi connectivity index (χ0v) is 12.6. The second-order valence-corrected chi connectivity index (χ2v) is 5.61. The van der Waals surface area contributed by atoms with Gasteiger partial charge in [-0.05, 0) is 37.5 Å². The Morgan fingerprint density at radius 1 is 1.43 bits per heavy atom. The molecule has 3 nitrogen and oxygen atoms in total. The van der Waals surface area contributed by atoms with E-state index in [1.54, 1.807) is 0 Å². The van der Waals surface area contributed by atoms with Gasteiger partial charge >= 0.3 is 0 Å². The molecular weight excluding hydrogens is 262 g/mol. The quantitative estimate of drug-likeness (QED) is 0.836. The first kappa shape index (κ1) is 15.6. The number of aliphatic hydroxyl groups excluding tert-OH is 1. The van der Waals surface area contributed by atoms with Crippen molar-refractivity contribution < 1.29 is 9.90 Å². The van der Waals surface area contributed by atoms with Crippen LogP contribution in [0.4, 0.5) is 0 Å². The van der Waals surface area contributed by atoms with E-state index in [0.29, 0.717) is 6.42 Å². The molecule has 1 fully saturated rings. The lowest BCUT2D eigenvalue weighted by atomic mass is 10.0. The van der Waals surface area contributed by atoms with Crippen LogP contribution in [0, 0.1) is 17.8 Å². The van der Waals surface area contributed by atoms with Gasteiger partial charge in [0.1, 0.15) is 0 Å². The summed E-state index contributed by atoms with van der Waals surface area (Å²) in [5.74, 6) is 6.31. The predicted octanol–water partition coefficient (Wildman–Crippen LogP) is 2.79. The Kier molecular flexibility index (Phi) is 5.83. The number of benzene rings is 1. The summed E-state index contributed by atoms with van der Waals surface area (Å²) in [7, 11) is 0. The highest BCUT2D eigenvalue weighted by Crippen LogP contribution is 2.25. The van der Waals surface area contributed by atoms with Gasteiger partial charge in [0.25, 0.3) is 0 Å². The van der Waals surface area contributed by atoms with Gasteiger partial charge < -0.3 is 10.4 Å². The van der Waals surface area contributed by atoms with Gasteiger partial charge in [-0.3, -0.25) is 4.79 Å². The molecule has 1 aromatic rings. The molecule has 1 amide bonds. The van der Waals surface area contributed by atoms with Gasteiger partial charge in [0, 0.05) is 17.9 Å². The van der Waals surface area contributed by atoms with E-state index < -0.39 is 0 Å². The van der Waals surface area contributed by atoms with Crippen molar-refractivity contribution in [2.45, 2.75) is 45.1 Å². The number of carbonyl (C=O) groups excluding carboxylic acids is 1. The predicted molar refractivity (Wildman–Crippen MR) is 83.5 cm³/mol. The molecule has 2 N–H and O–H groups in total. The molecule has 0 radical (unpaired) electrons. The Morgan fingerprint density at radius 3 is 2.90 bits per heavy atom. The molecule has 0 aromatic heterocycles. The second-order valence-electron chi connectivity index (χ2n) is 5.61. The van der Waals surface area contributed by atoms with Crippen molar-refractivity contribution in [3.63, 3.8) is 0 Å². The first-order valence-corrected chi connectivity index (χ1v) is 7.71. The van der Waals surface area contributed by atoms with Crippen molar-refractivity contribution in [2.24, 2.45) is 5.92 Å². The van der Waals surface area contributed by atoms with Gasteiger partial charge in [0.15, 0.2) is 0 Å². The fraction of sp³-hybridized carbons (Fsp3) is 0.500. The van der Waals surface area contributed by atoms with Crippen molar-refractivity contribution in [2.75, 3.05) is 6.61 Å². The zero-order chi connectivity index (χ0) is 15.1. The van der Waals surface area contributed by atoms with Gasteiger partial charge in [0.05, 0.1) is 12.6 Å². The number of aliphatic hydroxyl groups is 1. The Morgan fingerprint density at radius 2 is 2.19 bits per heavy atom. The lowest BCUT2D eigenvalue weighted by molar-refractivity contribution is -0.125. The van der Waals surface area contributed by atoms with E-state index in [1.165, 1.54) is 12.8 Å². The third kappa shape index (κ3) is 4.61. The molecule has 1 saturated carbocycles. The van der Waals surface area contributed by atoms with Crippen LogP contribution in [-0.2, 0) is 4.79 Å². The van der Waals surface area contributed by atoms with Crippen molar-refractivity contribution in [3.8, 4) is 11.8 Å². The maximum atomic E-state index is 12.2. The summed E-state index contributed by atoms with van der Waals surface area (Å²) in [6.45, 7) is 2.09. The van der Waals surface area contributed by atoms with E-state index in [0.717, 1.165) is 24.0 Å². The molecule has 21 heavy (non-hydrogen) atoms. The topological polar surface area (TPSA) is 49.3 Å². The number of rotatable bonds is 4. The highest BCUT2D eigenvalue weighted by atomic mass is 16.2. The normalized spacial score (nSPS) is 16.1. The fourth-order valence-corrected chi connectivity index (χ4v) is 2.71. The molecule has 0 saturated heterocycles. The van der Waals surface area contributed by atoms with Gasteiger partial charge in [-0.15, -0.1) is 0 Å². The molecule has 112 valence electrons. The molecule has 1 atom stereocenters. The van der Waals surface area contributed by atoms with Gasteiger partial charge in [0.2, 0.25) is 5.91 Å². The Bertz CT molecular complexity index is 536. The largest absolute Gasteiger partial charge is 0.395 e. The second kappa shape index (κ2) is 7.85. The standard InChI is InChI=1S/C18H23NO2/c1-14(19-18(21)16-9-2-3-10-16)17-11-6-8-15(13-17)7-4-5-12-20/h6,8,11,13-14,16,20H,2-3,5,9-10,12H2,1H3,(H,19,21). The van der Waals surface area contributed by atoms with Crippen LogP contribution >= 0.6 is 0 Å². The molecule has 1 unspecified atom stereocenters. The first-order valence-electron chi connectivity index (χ1n) is 7.71. The third-order valence-electron chi connectivity index (χ3n) is 3.94. The van der Waals surface area contributed by atoms with Crippen LogP contribution in [0.25, 0.3) is 0 Å².